The van der Waals surface area contributed by atoms with Crippen LogP contribution in [0, 0.1) is 5.92 Å². The second kappa shape index (κ2) is 6.74. The highest BCUT2D eigenvalue weighted by molar-refractivity contribution is 7.99. The summed E-state index contributed by atoms with van der Waals surface area (Å²) in [6.45, 7) is 7.65. The van der Waals surface area contributed by atoms with Gasteiger partial charge in [0.15, 0.2) is 0 Å². The van der Waals surface area contributed by atoms with Gasteiger partial charge in [0.05, 0.1) is 12.2 Å². The Labute approximate surface area is 97.0 Å². The first-order valence-corrected chi connectivity index (χ1v) is 6.82. The molecule has 0 aromatic heterocycles. The normalized spacial score (nSPS) is 22.2. The molecule has 15 heavy (non-hydrogen) atoms. The summed E-state index contributed by atoms with van der Waals surface area (Å²) < 4.78 is 5.30. The SMILES string of the molecule is CC(C)(O)CSCCNCC1CCOC1. The number of hydrogen-bond acceptors (Lipinski definition) is 4. The van der Waals surface area contributed by atoms with Crippen LogP contribution in [0.15, 0.2) is 0 Å². The maximum Gasteiger partial charge on any atom is 0.0681 e. The Morgan fingerprint density at radius 2 is 2.33 bits per heavy atom. The van der Waals surface area contributed by atoms with Crippen molar-refractivity contribution in [1.82, 2.24) is 5.32 Å². The van der Waals surface area contributed by atoms with Crippen molar-refractivity contribution < 1.29 is 9.84 Å². The van der Waals surface area contributed by atoms with Crippen molar-refractivity contribution >= 4 is 11.8 Å². The lowest BCUT2D eigenvalue weighted by Crippen LogP contribution is -2.27. The van der Waals surface area contributed by atoms with Gasteiger partial charge in [0.2, 0.25) is 0 Å². The van der Waals surface area contributed by atoms with Crippen molar-refractivity contribution in [2.75, 3.05) is 37.8 Å². The molecule has 0 aromatic rings. The van der Waals surface area contributed by atoms with E-state index in [-0.39, 0.29) is 0 Å². The fraction of sp³-hybridized carbons (Fsp3) is 1.00. The van der Waals surface area contributed by atoms with E-state index in [1.807, 2.05) is 13.8 Å². The number of rotatable bonds is 7. The van der Waals surface area contributed by atoms with Gasteiger partial charge in [0, 0.05) is 31.2 Å². The second-order valence-electron chi connectivity index (χ2n) is 4.80. The number of thioether (sulfide) groups is 1. The molecule has 0 spiro atoms. The smallest absolute Gasteiger partial charge is 0.0681 e. The first-order chi connectivity index (χ1) is 7.08. The fourth-order valence-electron chi connectivity index (χ4n) is 1.52. The molecule has 1 rings (SSSR count). The number of ether oxygens (including phenoxy) is 1. The molecule has 90 valence electrons. The minimum atomic E-state index is -0.538. The zero-order chi connectivity index (χ0) is 11.1. The van der Waals surface area contributed by atoms with Crippen LogP contribution in [0.3, 0.4) is 0 Å². The van der Waals surface area contributed by atoms with E-state index < -0.39 is 5.60 Å². The predicted octanol–water partition coefficient (Wildman–Crippen LogP) is 1.12. The average Bonchev–Trinajstić information content (AvgIpc) is 2.61. The molecule has 1 fully saturated rings. The van der Waals surface area contributed by atoms with E-state index >= 15 is 0 Å². The van der Waals surface area contributed by atoms with Crippen molar-refractivity contribution in [1.29, 1.82) is 0 Å². The van der Waals surface area contributed by atoms with Crippen molar-refractivity contribution in [2.24, 2.45) is 5.92 Å². The molecule has 1 atom stereocenters. The maximum atomic E-state index is 9.49. The molecule has 1 heterocycles. The van der Waals surface area contributed by atoms with Crippen molar-refractivity contribution in [3.8, 4) is 0 Å². The minimum absolute atomic E-state index is 0.538. The molecule has 2 N–H and O–H groups in total. The first-order valence-electron chi connectivity index (χ1n) is 5.66. The Balaban J connectivity index is 1.84. The van der Waals surface area contributed by atoms with E-state index in [4.69, 9.17) is 4.74 Å². The van der Waals surface area contributed by atoms with E-state index in [9.17, 15) is 5.11 Å². The third kappa shape index (κ3) is 7.17. The van der Waals surface area contributed by atoms with Gasteiger partial charge in [0.25, 0.3) is 0 Å². The van der Waals surface area contributed by atoms with Crippen molar-refractivity contribution in [3.05, 3.63) is 0 Å². The van der Waals surface area contributed by atoms with Gasteiger partial charge in [-0.2, -0.15) is 11.8 Å². The Kier molecular flexibility index (Phi) is 5.97. The molecule has 0 saturated carbocycles. The van der Waals surface area contributed by atoms with E-state index in [2.05, 4.69) is 5.32 Å². The Morgan fingerprint density at radius 1 is 1.53 bits per heavy atom. The van der Waals surface area contributed by atoms with Crippen LogP contribution in [0.4, 0.5) is 0 Å². The van der Waals surface area contributed by atoms with Gasteiger partial charge in [-0.05, 0) is 26.2 Å². The summed E-state index contributed by atoms with van der Waals surface area (Å²) in [4.78, 5) is 0. The van der Waals surface area contributed by atoms with Gasteiger partial charge in [-0.1, -0.05) is 0 Å². The molecule has 0 bridgehead atoms. The van der Waals surface area contributed by atoms with E-state index in [0.717, 1.165) is 37.8 Å². The van der Waals surface area contributed by atoms with Crippen LogP contribution in [0.25, 0.3) is 0 Å². The summed E-state index contributed by atoms with van der Waals surface area (Å²) in [6.07, 6.45) is 1.20. The topological polar surface area (TPSA) is 41.5 Å². The molecule has 1 unspecified atom stereocenters. The van der Waals surface area contributed by atoms with Gasteiger partial charge in [-0.3, -0.25) is 0 Å². The molecular formula is C11H23NO2S. The molecule has 4 heteroatoms. The average molecular weight is 233 g/mol. The standard InChI is InChI=1S/C11H23NO2S/c1-11(2,13)9-15-6-4-12-7-10-3-5-14-8-10/h10,12-13H,3-9H2,1-2H3. The number of aliphatic hydroxyl groups is 1. The highest BCUT2D eigenvalue weighted by Gasteiger charge is 2.14. The molecule has 0 aliphatic carbocycles. The number of nitrogens with one attached hydrogen (secondary N) is 1. The molecule has 0 radical (unpaired) electrons. The molecular weight excluding hydrogens is 210 g/mol. The summed E-state index contributed by atoms with van der Waals surface area (Å²) in [5, 5.41) is 12.9. The van der Waals surface area contributed by atoms with Gasteiger partial charge in [0.1, 0.15) is 0 Å². The Morgan fingerprint density at radius 3 is 2.93 bits per heavy atom. The van der Waals surface area contributed by atoms with Gasteiger partial charge in [-0.25, -0.2) is 0 Å². The maximum absolute atomic E-state index is 9.49. The molecule has 1 saturated heterocycles. The quantitative estimate of drug-likeness (QED) is 0.647. The molecule has 3 nitrogen and oxygen atoms in total. The van der Waals surface area contributed by atoms with Gasteiger partial charge < -0.3 is 15.2 Å². The number of hydrogen-bond donors (Lipinski definition) is 2. The zero-order valence-corrected chi connectivity index (χ0v) is 10.6. The lowest BCUT2D eigenvalue weighted by Gasteiger charge is -2.16. The monoisotopic (exact) mass is 233 g/mol. The fourth-order valence-corrected chi connectivity index (χ4v) is 2.45. The highest BCUT2D eigenvalue weighted by Crippen LogP contribution is 2.12. The molecule has 0 amide bonds. The summed E-state index contributed by atoms with van der Waals surface area (Å²) in [5.74, 6) is 2.59. The second-order valence-corrected chi connectivity index (χ2v) is 5.90. The van der Waals surface area contributed by atoms with E-state index in [1.54, 1.807) is 11.8 Å². The third-order valence-electron chi connectivity index (χ3n) is 2.34. The summed E-state index contributed by atoms with van der Waals surface area (Å²) in [7, 11) is 0. The predicted molar refractivity (Wildman–Crippen MR) is 65.4 cm³/mol. The van der Waals surface area contributed by atoms with Crippen LogP contribution >= 0.6 is 11.8 Å². The van der Waals surface area contributed by atoms with E-state index in [0.29, 0.717) is 5.92 Å². The van der Waals surface area contributed by atoms with Crippen LogP contribution in [-0.4, -0.2) is 48.5 Å². The van der Waals surface area contributed by atoms with Gasteiger partial charge >= 0.3 is 0 Å². The van der Waals surface area contributed by atoms with Crippen LogP contribution in [0.1, 0.15) is 20.3 Å². The summed E-state index contributed by atoms with van der Waals surface area (Å²) in [5.41, 5.74) is -0.538. The zero-order valence-electron chi connectivity index (χ0n) is 9.79. The highest BCUT2D eigenvalue weighted by atomic mass is 32.2. The third-order valence-corrected chi connectivity index (χ3v) is 3.74. The van der Waals surface area contributed by atoms with Crippen LogP contribution in [-0.2, 0) is 4.74 Å². The molecule has 1 aliphatic rings. The molecule has 1 aliphatic heterocycles. The molecule has 0 aromatic carbocycles. The summed E-state index contributed by atoms with van der Waals surface area (Å²) >= 11 is 1.80. The lowest BCUT2D eigenvalue weighted by atomic mass is 10.1. The van der Waals surface area contributed by atoms with Gasteiger partial charge in [-0.15, -0.1) is 0 Å². The van der Waals surface area contributed by atoms with Crippen LogP contribution < -0.4 is 5.32 Å². The Hall–Kier alpha value is 0.230. The van der Waals surface area contributed by atoms with E-state index in [1.165, 1.54) is 6.42 Å². The largest absolute Gasteiger partial charge is 0.390 e. The first kappa shape index (κ1) is 13.3. The Bertz CT molecular complexity index is 164. The van der Waals surface area contributed by atoms with Crippen LogP contribution in [0.5, 0.6) is 0 Å². The lowest BCUT2D eigenvalue weighted by molar-refractivity contribution is 0.107. The van der Waals surface area contributed by atoms with Crippen molar-refractivity contribution in [2.45, 2.75) is 25.9 Å². The van der Waals surface area contributed by atoms with Crippen molar-refractivity contribution in [3.63, 3.8) is 0 Å². The minimum Gasteiger partial charge on any atom is -0.390 e. The van der Waals surface area contributed by atoms with Crippen LogP contribution in [0.2, 0.25) is 0 Å². The summed E-state index contributed by atoms with van der Waals surface area (Å²) in [6, 6.07) is 0.